The number of carbonyl (C=O) groups excluding carboxylic acids is 3. The maximum absolute atomic E-state index is 14.3. The molecule has 1 aliphatic carbocycles. The van der Waals surface area contributed by atoms with Crippen molar-refractivity contribution in [2.24, 2.45) is 17.3 Å². The molecule has 320 valence electrons. The maximum Gasteiger partial charge on any atom is 0.407 e. The van der Waals surface area contributed by atoms with Gasteiger partial charge in [0.15, 0.2) is 0 Å². The fourth-order valence-corrected chi connectivity index (χ4v) is 9.04. The second-order valence-electron chi connectivity index (χ2n) is 17.3. The lowest BCUT2D eigenvalue weighted by atomic mass is 9.71. The fourth-order valence-electron chi connectivity index (χ4n) is 9.04. The normalized spacial score (nSPS) is 20.7. The number of aromatic nitrogens is 4. The number of nitrogens with one attached hydrogen (secondary N) is 4. The number of ether oxygens (including phenoxy) is 1. The number of nitrogens with zero attached hydrogens (tertiary/aromatic N) is 4. The molecular weight excluding hydrogens is 775 g/mol. The van der Waals surface area contributed by atoms with Crippen LogP contribution in [0.25, 0.3) is 33.6 Å². The number of alkyl carbamates (subject to hydrolysis) is 1. The number of alkyl halides is 2. The van der Waals surface area contributed by atoms with E-state index in [0.717, 1.165) is 40.8 Å². The molecule has 16 heteroatoms. The third-order valence-corrected chi connectivity index (χ3v) is 12.5. The molecule has 1 spiro atoms. The molecule has 0 radical (unpaired) electrons. The summed E-state index contributed by atoms with van der Waals surface area (Å²) < 4.78 is 33.4. The van der Waals surface area contributed by atoms with Gasteiger partial charge in [-0.15, -0.1) is 0 Å². The Bertz CT molecular complexity index is 2180. The molecule has 1 unspecified atom stereocenters. The van der Waals surface area contributed by atoms with Crippen LogP contribution in [0.2, 0.25) is 0 Å². The van der Waals surface area contributed by atoms with E-state index in [9.17, 15) is 33.1 Å². The molecule has 4 atom stereocenters. The molecule has 5 N–H and O–H groups in total. The molecule has 7 rings (SSSR count). The van der Waals surface area contributed by atoms with Gasteiger partial charge in [0.2, 0.25) is 17.7 Å². The monoisotopic (exact) mass is 828 g/mol. The number of carbonyl (C=O) groups is 4. The maximum atomic E-state index is 14.3. The van der Waals surface area contributed by atoms with Crippen molar-refractivity contribution in [3.05, 3.63) is 72.6 Å². The van der Waals surface area contributed by atoms with Gasteiger partial charge in [-0.2, -0.15) is 0 Å². The van der Waals surface area contributed by atoms with Crippen LogP contribution in [0.5, 0.6) is 0 Å². The molecule has 4 heterocycles. The average molecular weight is 829 g/mol. The standard InChI is InChI=1S/C44H54F2N8O6/c1-25(2)35(51-41(57)58)39(55)53-20-6-7-33(53)37-47-22-31(49-37)29-12-8-27(9-13-29)28-10-14-30(15-11-28)32-23-48-38(50-32)34-21-43(16-18-44(45,46)19-17-43)24-54(34)40(56)36(26(3)4)52-42(59)60-5/h8-15,22-23,25-26,33-36,51H,6-7,16-21,24H2,1-5H3,(H,47,49)(H,48,50)(H,52,59)(H,57,58)/t33-,34?,35-,36-/m0/s1. The molecular formula is C44H54F2N8O6. The van der Waals surface area contributed by atoms with Gasteiger partial charge in [0.1, 0.15) is 23.7 Å². The number of imidazole rings is 2. The van der Waals surface area contributed by atoms with Crippen molar-refractivity contribution in [3.8, 4) is 33.6 Å². The minimum Gasteiger partial charge on any atom is -0.465 e. The zero-order valence-electron chi connectivity index (χ0n) is 34.6. The van der Waals surface area contributed by atoms with E-state index in [2.05, 4.69) is 20.6 Å². The van der Waals surface area contributed by atoms with Crippen molar-refractivity contribution < 1.29 is 37.8 Å². The number of halogens is 2. The summed E-state index contributed by atoms with van der Waals surface area (Å²) in [5, 5.41) is 14.3. The predicted octanol–water partition coefficient (Wildman–Crippen LogP) is 7.94. The van der Waals surface area contributed by atoms with Gasteiger partial charge >= 0.3 is 12.2 Å². The molecule has 2 aliphatic heterocycles. The Hall–Kier alpha value is -5.80. The molecule has 14 nitrogen and oxygen atoms in total. The van der Waals surface area contributed by atoms with Crippen molar-refractivity contribution >= 4 is 24.0 Å². The van der Waals surface area contributed by atoms with E-state index in [1.54, 1.807) is 16.0 Å². The van der Waals surface area contributed by atoms with Crippen molar-refractivity contribution in [1.82, 2.24) is 40.4 Å². The van der Waals surface area contributed by atoms with E-state index in [4.69, 9.17) is 14.7 Å². The summed E-state index contributed by atoms with van der Waals surface area (Å²) in [6.45, 7) is 8.14. The van der Waals surface area contributed by atoms with E-state index < -0.39 is 41.6 Å². The number of benzene rings is 2. The number of methoxy groups -OCH3 is 1. The van der Waals surface area contributed by atoms with E-state index in [-0.39, 0.29) is 42.5 Å². The zero-order valence-corrected chi connectivity index (χ0v) is 34.6. The number of H-pyrrole nitrogens is 2. The first-order valence-corrected chi connectivity index (χ1v) is 20.7. The number of amides is 4. The van der Waals surface area contributed by atoms with Crippen molar-refractivity contribution in [3.63, 3.8) is 0 Å². The highest BCUT2D eigenvalue weighted by molar-refractivity contribution is 5.87. The van der Waals surface area contributed by atoms with Crippen LogP contribution in [0.4, 0.5) is 18.4 Å². The predicted molar refractivity (Wildman–Crippen MR) is 220 cm³/mol. The minimum absolute atomic E-state index is 0.206. The highest BCUT2D eigenvalue weighted by Gasteiger charge is 2.53. The average Bonchev–Trinajstić information content (AvgIpc) is 4.06. The quantitative estimate of drug-likeness (QED) is 0.101. The molecule has 3 aliphatic rings. The van der Waals surface area contributed by atoms with Crippen LogP contribution in [-0.4, -0.2) is 97.0 Å². The number of rotatable bonds is 11. The van der Waals surface area contributed by atoms with Crippen LogP contribution >= 0.6 is 0 Å². The first-order chi connectivity index (χ1) is 28.6. The second-order valence-corrected chi connectivity index (χ2v) is 17.3. The summed E-state index contributed by atoms with van der Waals surface area (Å²) in [5.41, 5.74) is 4.67. The van der Waals surface area contributed by atoms with Crippen LogP contribution in [0.3, 0.4) is 0 Å². The molecule has 2 aromatic heterocycles. The SMILES string of the molecule is COC(=O)N[C@H](C(=O)N1CC2(CCC(F)(F)CC2)CC1c1nc(-c2ccc(-c3ccc(-c4c[nH]c([C@@H]5CCCN5C(=O)[C@@H](NC(=O)O)C(C)C)n4)cc3)cc2)c[nH]1)C(C)C. The number of hydrogen-bond donors (Lipinski definition) is 5. The third kappa shape index (κ3) is 8.87. The second kappa shape index (κ2) is 17.1. The van der Waals surface area contributed by atoms with Gasteiger partial charge in [-0.05, 0) is 60.5 Å². The van der Waals surface area contributed by atoms with Crippen LogP contribution in [-0.2, 0) is 14.3 Å². The summed E-state index contributed by atoms with van der Waals surface area (Å²) in [6, 6.07) is 13.5. The number of aromatic amines is 2. The summed E-state index contributed by atoms with van der Waals surface area (Å²) in [4.78, 5) is 70.8. The molecule has 4 aromatic rings. The van der Waals surface area contributed by atoms with Crippen molar-refractivity contribution in [1.29, 1.82) is 0 Å². The lowest BCUT2D eigenvalue weighted by molar-refractivity contribution is -0.136. The van der Waals surface area contributed by atoms with E-state index in [1.807, 2.05) is 82.4 Å². The molecule has 2 saturated heterocycles. The Morgan fingerprint density at radius 1 is 0.750 bits per heavy atom. The van der Waals surface area contributed by atoms with Crippen LogP contribution in [0.15, 0.2) is 60.9 Å². The highest BCUT2D eigenvalue weighted by atomic mass is 19.3. The Labute approximate surface area is 347 Å². The van der Waals surface area contributed by atoms with Gasteiger partial charge in [0.25, 0.3) is 0 Å². The molecule has 0 bridgehead atoms. The van der Waals surface area contributed by atoms with Gasteiger partial charge in [-0.3, -0.25) is 9.59 Å². The minimum atomic E-state index is -2.72. The lowest BCUT2D eigenvalue weighted by Crippen LogP contribution is -2.51. The van der Waals surface area contributed by atoms with E-state index >= 15 is 0 Å². The van der Waals surface area contributed by atoms with Gasteiger partial charge in [-0.1, -0.05) is 76.2 Å². The molecule has 4 amide bonds. The Kier molecular flexibility index (Phi) is 12.0. The lowest BCUT2D eigenvalue weighted by Gasteiger charge is -2.37. The Morgan fingerprint density at radius 3 is 1.73 bits per heavy atom. The van der Waals surface area contributed by atoms with Gasteiger partial charge in [-0.25, -0.2) is 28.3 Å². The number of hydrogen-bond acceptors (Lipinski definition) is 7. The van der Waals surface area contributed by atoms with Crippen molar-refractivity contribution in [2.45, 2.75) is 103 Å². The summed E-state index contributed by atoms with van der Waals surface area (Å²) >= 11 is 0. The van der Waals surface area contributed by atoms with Crippen LogP contribution in [0.1, 0.15) is 96.4 Å². The van der Waals surface area contributed by atoms with Crippen molar-refractivity contribution in [2.75, 3.05) is 20.2 Å². The van der Waals surface area contributed by atoms with Gasteiger partial charge in [0, 0.05) is 49.5 Å². The van der Waals surface area contributed by atoms with Crippen LogP contribution < -0.4 is 10.6 Å². The summed E-state index contributed by atoms with van der Waals surface area (Å²) in [7, 11) is 1.24. The summed E-state index contributed by atoms with van der Waals surface area (Å²) in [6.07, 6.45) is 3.83. The van der Waals surface area contributed by atoms with E-state index in [0.29, 0.717) is 49.7 Å². The Balaban J connectivity index is 1.05. The molecule has 60 heavy (non-hydrogen) atoms. The van der Waals surface area contributed by atoms with E-state index in [1.165, 1.54) is 7.11 Å². The summed E-state index contributed by atoms with van der Waals surface area (Å²) in [5.74, 6) is -2.49. The first kappa shape index (κ1) is 42.3. The fraction of sp³-hybridized carbons (Fsp3) is 0.500. The third-order valence-electron chi connectivity index (χ3n) is 12.5. The molecule has 1 saturated carbocycles. The highest BCUT2D eigenvalue weighted by Crippen LogP contribution is 2.54. The van der Waals surface area contributed by atoms with Gasteiger partial charge in [0.05, 0.1) is 30.6 Å². The molecule has 2 aromatic carbocycles. The topological polar surface area (TPSA) is 186 Å². The number of carboxylic acid groups (broad SMARTS) is 1. The van der Waals surface area contributed by atoms with Gasteiger partial charge < -0.3 is 40.2 Å². The zero-order chi connectivity index (χ0) is 42.9. The van der Waals surface area contributed by atoms with Crippen LogP contribution in [0, 0.1) is 17.3 Å². The largest absolute Gasteiger partial charge is 0.465 e. The molecule has 3 fully saturated rings. The Morgan fingerprint density at radius 2 is 1.23 bits per heavy atom. The first-order valence-electron chi connectivity index (χ1n) is 20.7. The smallest absolute Gasteiger partial charge is 0.407 e. The number of likely N-dealkylation sites (tertiary alicyclic amines) is 2.